The van der Waals surface area contributed by atoms with E-state index in [9.17, 15) is 13.8 Å². The van der Waals surface area contributed by atoms with Crippen LogP contribution in [0.25, 0.3) is 0 Å². The predicted octanol–water partition coefficient (Wildman–Crippen LogP) is 6.20. The Kier molecular flexibility index (Phi) is 11.1. The standard InChI is InChI=1S/C15H14O3S.C15H14O2S/c16-14(17)11-19(18)15(12-7-3-1-4-8-12)13-9-5-2-6-10-13;16-14(17)11-18-15(12-7-3-1-4-8-12)13-9-5-2-6-10-13/h1-10,15H,11H2,(H,16,17);1-10,15H,11H2,(H,16,17)/t19-;/m1./s1. The quantitative estimate of drug-likeness (QED) is 0.253. The molecule has 190 valence electrons. The fourth-order valence-electron chi connectivity index (χ4n) is 3.75. The molecule has 1 atom stereocenters. The van der Waals surface area contributed by atoms with Gasteiger partial charge in [-0.2, -0.15) is 0 Å². The average Bonchev–Trinajstić information content (AvgIpc) is 2.91. The minimum Gasteiger partial charge on any atom is -0.481 e. The summed E-state index contributed by atoms with van der Waals surface area (Å²) >= 11 is 1.44. The topological polar surface area (TPSA) is 91.7 Å². The van der Waals surface area contributed by atoms with E-state index < -0.39 is 28.0 Å². The van der Waals surface area contributed by atoms with Gasteiger partial charge in [0, 0.05) is 10.8 Å². The van der Waals surface area contributed by atoms with Crippen LogP contribution in [0.4, 0.5) is 0 Å². The zero-order valence-corrected chi connectivity index (χ0v) is 21.7. The molecule has 0 aliphatic carbocycles. The molecule has 4 rings (SSSR count). The highest BCUT2D eigenvalue weighted by atomic mass is 32.2. The van der Waals surface area contributed by atoms with Crippen molar-refractivity contribution in [1.29, 1.82) is 0 Å². The van der Waals surface area contributed by atoms with Crippen molar-refractivity contribution in [3.63, 3.8) is 0 Å². The summed E-state index contributed by atoms with van der Waals surface area (Å²) in [7, 11) is -1.49. The first-order valence-corrected chi connectivity index (χ1v) is 14.0. The van der Waals surface area contributed by atoms with E-state index in [0.717, 1.165) is 22.3 Å². The van der Waals surface area contributed by atoms with E-state index in [-0.39, 0.29) is 16.8 Å². The van der Waals surface area contributed by atoms with Gasteiger partial charge in [0.2, 0.25) is 0 Å². The second-order valence-corrected chi connectivity index (χ2v) is 10.6. The fourth-order valence-corrected chi connectivity index (χ4v) is 6.09. The lowest BCUT2D eigenvalue weighted by atomic mass is 10.0. The molecule has 4 aromatic rings. The minimum absolute atomic E-state index is 0.0727. The number of carboxylic acid groups (broad SMARTS) is 2. The van der Waals surface area contributed by atoms with Gasteiger partial charge in [-0.1, -0.05) is 121 Å². The van der Waals surface area contributed by atoms with Crippen LogP contribution in [0.15, 0.2) is 121 Å². The number of aliphatic carboxylic acids is 2. The number of hydrogen-bond acceptors (Lipinski definition) is 4. The van der Waals surface area contributed by atoms with E-state index in [1.165, 1.54) is 11.8 Å². The Morgan fingerprint density at radius 3 is 1.27 bits per heavy atom. The van der Waals surface area contributed by atoms with Crippen LogP contribution in [-0.4, -0.2) is 37.9 Å². The van der Waals surface area contributed by atoms with Crippen molar-refractivity contribution in [2.45, 2.75) is 10.5 Å². The molecule has 4 aromatic carbocycles. The van der Waals surface area contributed by atoms with Crippen LogP contribution in [-0.2, 0) is 20.4 Å². The smallest absolute Gasteiger partial charge is 0.316 e. The lowest BCUT2D eigenvalue weighted by Crippen LogP contribution is -2.17. The second-order valence-electron chi connectivity index (χ2n) is 8.03. The Labute approximate surface area is 223 Å². The van der Waals surface area contributed by atoms with Gasteiger partial charge in [-0.05, 0) is 22.3 Å². The fraction of sp³-hybridized carbons (Fsp3) is 0.133. The number of carboxylic acids is 2. The molecule has 7 heteroatoms. The molecule has 0 aliphatic rings. The molecule has 0 aliphatic heterocycles. The molecular formula is C30H28O5S2. The number of rotatable bonds is 10. The molecule has 5 nitrogen and oxygen atoms in total. The third-order valence-corrected chi connectivity index (χ3v) is 8.20. The van der Waals surface area contributed by atoms with Crippen LogP contribution in [0.2, 0.25) is 0 Å². The van der Waals surface area contributed by atoms with E-state index in [0.29, 0.717) is 0 Å². The Morgan fingerprint density at radius 2 is 0.946 bits per heavy atom. The number of hydrogen-bond donors (Lipinski definition) is 2. The van der Waals surface area contributed by atoms with Crippen LogP contribution in [0.3, 0.4) is 0 Å². The van der Waals surface area contributed by atoms with Crippen molar-refractivity contribution in [3.8, 4) is 0 Å². The Morgan fingerprint density at radius 1 is 0.595 bits per heavy atom. The summed E-state index contributed by atoms with van der Waals surface area (Å²) in [5, 5.41) is 17.3. The molecule has 0 amide bonds. The Bertz CT molecular complexity index is 1190. The summed E-state index contributed by atoms with van der Waals surface area (Å²) in [6, 6.07) is 38.7. The van der Waals surface area contributed by atoms with Crippen LogP contribution < -0.4 is 0 Å². The first-order valence-electron chi connectivity index (χ1n) is 11.6. The van der Waals surface area contributed by atoms with Crippen LogP contribution in [0.1, 0.15) is 32.8 Å². The molecular weight excluding hydrogens is 504 g/mol. The van der Waals surface area contributed by atoms with Crippen molar-refractivity contribution in [2.75, 3.05) is 11.5 Å². The van der Waals surface area contributed by atoms with Gasteiger partial charge in [0.1, 0.15) is 5.75 Å². The molecule has 0 saturated carbocycles. The highest BCUT2D eigenvalue weighted by molar-refractivity contribution is 8.00. The molecule has 0 bridgehead atoms. The van der Waals surface area contributed by atoms with E-state index in [1.54, 1.807) is 0 Å². The van der Waals surface area contributed by atoms with Gasteiger partial charge in [0.15, 0.2) is 0 Å². The maximum absolute atomic E-state index is 12.3. The molecule has 37 heavy (non-hydrogen) atoms. The maximum Gasteiger partial charge on any atom is 0.316 e. The molecule has 0 saturated heterocycles. The highest BCUT2D eigenvalue weighted by Crippen LogP contribution is 2.35. The summed E-state index contributed by atoms with van der Waals surface area (Å²) in [6.07, 6.45) is 0. The predicted molar refractivity (Wildman–Crippen MR) is 150 cm³/mol. The second kappa shape index (κ2) is 14.8. The van der Waals surface area contributed by atoms with Gasteiger partial charge in [-0.15, -0.1) is 11.8 Å². The van der Waals surface area contributed by atoms with Crippen molar-refractivity contribution >= 4 is 34.5 Å². The molecule has 0 fully saturated rings. The average molecular weight is 533 g/mol. The van der Waals surface area contributed by atoms with Crippen molar-refractivity contribution in [2.24, 2.45) is 0 Å². The highest BCUT2D eigenvalue weighted by Gasteiger charge is 2.22. The molecule has 0 heterocycles. The molecule has 0 spiro atoms. The Balaban J connectivity index is 0.000000206. The summed E-state index contributed by atoms with van der Waals surface area (Å²) in [6.45, 7) is 0. The van der Waals surface area contributed by atoms with Crippen molar-refractivity contribution < 1.29 is 24.0 Å². The summed E-state index contributed by atoms with van der Waals surface area (Å²) in [5.41, 5.74) is 4.01. The Hall–Kier alpha value is -3.68. The minimum atomic E-state index is -1.49. The lowest BCUT2D eigenvalue weighted by molar-refractivity contribution is -0.135. The van der Waals surface area contributed by atoms with Gasteiger partial charge in [0.25, 0.3) is 0 Å². The number of carbonyl (C=O) groups is 2. The lowest BCUT2D eigenvalue weighted by Gasteiger charge is -2.16. The molecule has 0 unspecified atom stereocenters. The van der Waals surface area contributed by atoms with Crippen molar-refractivity contribution in [3.05, 3.63) is 144 Å². The first-order chi connectivity index (χ1) is 18.0. The van der Waals surface area contributed by atoms with Crippen molar-refractivity contribution in [1.82, 2.24) is 0 Å². The van der Waals surface area contributed by atoms with E-state index in [1.807, 2.05) is 121 Å². The zero-order valence-electron chi connectivity index (χ0n) is 20.1. The van der Waals surface area contributed by atoms with E-state index in [4.69, 9.17) is 10.2 Å². The molecule has 0 radical (unpaired) electrons. The normalized spacial score (nSPS) is 11.4. The first kappa shape index (κ1) is 27.9. The summed E-state index contributed by atoms with van der Waals surface area (Å²) < 4.78 is 12.3. The van der Waals surface area contributed by atoms with E-state index in [2.05, 4.69) is 0 Å². The summed E-state index contributed by atoms with van der Waals surface area (Å²) in [5.74, 6) is -2.07. The molecule has 2 N–H and O–H groups in total. The number of benzene rings is 4. The van der Waals surface area contributed by atoms with Crippen LogP contribution in [0.5, 0.6) is 0 Å². The van der Waals surface area contributed by atoms with Gasteiger partial charge in [-0.3, -0.25) is 13.8 Å². The van der Waals surface area contributed by atoms with E-state index >= 15 is 0 Å². The largest absolute Gasteiger partial charge is 0.481 e. The number of thioether (sulfide) groups is 1. The third-order valence-electron chi connectivity index (χ3n) is 5.31. The SMILES string of the molecule is O=C(O)CSC(c1ccccc1)c1ccccc1.O=C(O)C[S@@](=O)C(c1ccccc1)c1ccccc1. The van der Waals surface area contributed by atoms with Crippen LogP contribution >= 0.6 is 11.8 Å². The monoisotopic (exact) mass is 532 g/mol. The summed E-state index contributed by atoms with van der Waals surface area (Å²) in [4.78, 5) is 21.5. The van der Waals surface area contributed by atoms with Gasteiger partial charge in [0.05, 0.1) is 16.3 Å². The molecule has 0 aromatic heterocycles. The third kappa shape index (κ3) is 9.04. The van der Waals surface area contributed by atoms with Crippen LogP contribution in [0, 0.1) is 0 Å². The van der Waals surface area contributed by atoms with Gasteiger partial charge < -0.3 is 10.2 Å². The maximum atomic E-state index is 12.3. The van der Waals surface area contributed by atoms with Gasteiger partial charge >= 0.3 is 11.9 Å². The zero-order chi connectivity index (χ0) is 26.5. The van der Waals surface area contributed by atoms with Gasteiger partial charge in [-0.25, -0.2) is 0 Å².